The second-order valence-corrected chi connectivity index (χ2v) is 6.21. The minimum absolute atomic E-state index is 0.343. The number of hydrogen-bond acceptors (Lipinski definition) is 5. The zero-order valence-corrected chi connectivity index (χ0v) is 13.5. The summed E-state index contributed by atoms with van der Waals surface area (Å²) in [4.78, 5) is 29.0. The van der Waals surface area contributed by atoms with Crippen LogP contribution >= 0.6 is 22.9 Å². The third kappa shape index (κ3) is 3.50. The lowest BCUT2D eigenvalue weighted by molar-refractivity contribution is -0.117. The summed E-state index contributed by atoms with van der Waals surface area (Å²) in [6.07, 6.45) is 0. The van der Waals surface area contributed by atoms with Gasteiger partial charge in [-0.15, -0.1) is 11.3 Å². The molecule has 0 radical (unpaired) electrons. The lowest BCUT2D eigenvalue weighted by Gasteiger charge is -2.09. The van der Waals surface area contributed by atoms with Crippen LogP contribution in [0.15, 0.2) is 24.3 Å². The van der Waals surface area contributed by atoms with Gasteiger partial charge in [0, 0.05) is 10.7 Å². The first-order valence-corrected chi connectivity index (χ1v) is 7.56. The van der Waals surface area contributed by atoms with E-state index in [4.69, 9.17) is 11.6 Å². The van der Waals surface area contributed by atoms with Crippen molar-refractivity contribution in [2.75, 3.05) is 5.32 Å². The van der Waals surface area contributed by atoms with Gasteiger partial charge in [0.15, 0.2) is 5.92 Å². The van der Waals surface area contributed by atoms with Crippen molar-refractivity contribution in [3.8, 4) is 6.07 Å². The summed E-state index contributed by atoms with van der Waals surface area (Å²) < 4.78 is 0. The minimum Gasteiger partial charge on any atom is -0.325 e. The summed E-state index contributed by atoms with van der Waals surface area (Å²) in [5.74, 6) is -2.61. The van der Waals surface area contributed by atoms with E-state index >= 15 is 0 Å². The monoisotopic (exact) mass is 333 g/mol. The lowest BCUT2D eigenvalue weighted by atomic mass is 10.0. The molecule has 2 rings (SSSR count). The van der Waals surface area contributed by atoms with E-state index in [1.165, 1.54) is 11.3 Å². The topological polar surface area (TPSA) is 82.8 Å². The molecule has 0 aliphatic rings. The second kappa shape index (κ2) is 6.69. The molecule has 0 aliphatic heterocycles. The van der Waals surface area contributed by atoms with Crippen LogP contribution in [0.1, 0.15) is 20.4 Å². The zero-order valence-electron chi connectivity index (χ0n) is 11.9. The third-order valence-electron chi connectivity index (χ3n) is 2.89. The Bertz CT molecular complexity index is 762. The maximum absolute atomic E-state index is 12.4. The van der Waals surface area contributed by atoms with Crippen LogP contribution in [-0.4, -0.2) is 16.7 Å². The van der Waals surface area contributed by atoms with Crippen molar-refractivity contribution in [2.45, 2.75) is 13.8 Å². The van der Waals surface area contributed by atoms with Crippen molar-refractivity contribution in [1.82, 2.24) is 4.98 Å². The van der Waals surface area contributed by atoms with Gasteiger partial charge in [-0.2, -0.15) is 5.26 Å². The molecule has 0 saturated heterocycles. The molecule has 5 nitrogen and oxygen atoms in total. The van der Waals surface area contributed by atoms with E-state index in [1.54, 1.807) is 44.2 Å². The first kappa shape index (κ1) is 16.1. The number of Topliss-reactive ketones (excluding diaryl/α,β-unsaturated/α-hetero) is 1. The predicted molar refractivity (Wildman–Crippen MR) is 85.1 cm³/mol. The van der Waals surface area contributed by atoms with Gasteiger partial charge in [-0.05, 0) is 38.1 Å². The number of thiazole rings is 1. The molecule has 0 bridgehead atoms. The number of rotatable bonds is 4. The van der Waals surface area contributed by atoms with Crippen LogP contribution < -0.4 is 5.32 Å². The molecule has 1 aromatic carbocycles. The molecule has 1 heterocycles. The Labute approximate surface area is 136 Å². The summed E-state index contributed by atoms with van der Waals surface area (Å²) >= 11 is 6.95. The van der Waals surface area contributed by atoms with E-state index in [0.29, 0.717) is 21.3 Å². The molecule has 0 saturated carbocycles. The Kier molecular flexibility index (Phi) is 4.91. The van der Waals surface area contributed by atoms with E-state index in [9.17, 15) is 14.9 Å². The number of nitrogens with zero attached hydrogens (tertiary/aromatic N) is 2. The SMILES string of the molecule is Cc1nc(C)c(C(=O)C(C#N)C(=O)Nc2ccc(Cl)cc2)s1. The summed E-state index contributed by atoms with van der Waals surface area (Å²) in [5, 5.41) is 13.0. The van der Waals surface area contributed by atoms with Crippen LogP contribution in [0.25, 0.3) is 0 Å². The molecule has 1 atom stereocenters. The largest absolute Gasteiger partial charge is 0.325 e. The van der Waals surface area contributed by atoms with E-state index in [-0.39, 0.29) is 0 Å². The fourth-order valence-corrected chi connectivity index (χ4v) is 2.89. The Morgan fingerprint density at radius 2 is 1.95 bits per heavy atom. The number of amides is 1. The number of halogens is 1. The number of nitrogens with one attached hydrogen (secondary N) is 1. The molecule has 1 amide bonds. The van der Waals surface area contributed by atoms with Gasteiger partial charge in [0.1, 0.15) is 0 Å². The normalized spacial score (nSPS) is 11.5. The fraction of sp³-hybridized carbons (Fsp3) is 0.200. The summed E-state index contributed by atoms with van der Waals surface area (Å²) in [6, 6.07) is 8.17. The summed E-state index contributed by atoms with van der Waals surface area (Å²) in [7, 11) is 0. The zero-order chi connectivity index (χ0) is 16.3. The molecule has 0 spiro atoms. The smallest absolute Gasteiger partial charge is 0.249 e. The number of carbonyl (C=O) groups excluding carboxylic acids is 2. The minimum atomic E-state index is -1.41. The van der Waals surface area contributed by atoms with Crippen LogP contribution in [0.2, 0.25) is 5.02 Å². The molecular formula is C15H12ClN3O2S. The molecule has 1 N–H and O–H groups in total. The molecule has 2 aromatic rings. The number of ketones is 1. The summed E-state index contributed by atoms with van der Waals surface area (Å²) in [5.41, 5.74) is 1.01. The second-order valence-electron chi connectivity index (χ2n) is 4.57. The van der Waals surface area contributed by atoms with Gasteiger partial charge in [0.25, 0.3) is 0 Å². The molecule has 7 heteroatoms. The first-order chi connectivity index (χ1) is 10.4. The molecule has 1 aromatic heterocycles. The molecular weight excluding hydrogens is 322 g/mol. The number of hydrogen-bond donors (Lipinski definition) is 1. The Hall–Kier alpha value is -2.23. The van der Waals surface area contributed by atoms with E-state index in [1.807, 2.05) is 0 Å². The number of nitriles is 1. The van der Waals surface area contributed by atoms with Crippen molar-refractivity contribution < 1.29 is 9.59 Å². The van der Waals surface area contributed by atoms with E-state index < -0.39 is 17.6 Å². The molecule has 0 fully saturated rings. The predicted octanol–water partition coefficient (Wildman–Crippen LogP) is 3.37. The highest BCUT2D eigenvalue weighted by Crippen LogP contribution is 2.22. The Balaban J connectivity index is 2.19. The van der Waals surface area contributed by atoms with Crippen molar-refractivity contribution in [2.24, 2.45) is 5.92 Å². The van der Waals surface area contributed by atoms with E-state index in [2.05, 4.69) is 10.3 Å². The maximum Gasteiger partial charge on any atom is 0.249 e. The van der Waals surface area contributed by atoms with Crippen molar-refractivity contribution in [1.29, 1.82) is 5.26 Å². The van der Waals surface area contributed by atoms with Gasteiger partial charge in [0.05, 0.1) is 21.6 Å². The lowest BCUT2D eigenvalue weighted by Crippen LogP contribution is -2.28. The highest BCUT2D eigenvalue weighted by Gasteiger charge is 2.30. The third-order valence-corrected chi connectivity index (χ3v) is 4.23. The average molecular weight is 334 g/mol. The van der Waals surface area contributed by atoms with Gasteiger partial charge < -0.3 is 5.32 Å². The van der Waals surface area contributed by atoms with Crippen LogP contribution in [0, 0.1) is 31.1 Å². The quantitative estimate of drug-likeness (QED) is 0.686. The van der Waals surface area contributed by atoms with Gasteiger partial charge in [-0.3, -0.25) is 9.59 Å². The van der Waals surface area contributed by atoms with Crippen LogP contribution in [0.3, 0.4) is 0 Å². The van der Waals surface area contributed by atoms with Gasteiger partial charge in [-0.1, -0.05) is 11.6 Å². The number of anilines is 1. The van der Waals surface area contributed by atoms with E-state index in [0.717, 1.165) is 5.01 Å². The number of aromatic nitrogens is 1. The number of carbonyl (C=O) groups is 2. The van der Waals surface area contributed by atoms with Crippen molar-refractivity contribution >= 4 is 40.3 Å². The highest BCUT2D eigenvalue weighted by atomic mass is 35.5. The average Bonchev–Trinajstić information content (AvgIpc) is 2.81. The van der Waals surface area contributed by atoms with Crippen LogP contribution in [0.5, 0.6) is 0 Å². The fourth-order valence-electron chi connectivity index (χ4n) is 1.87. The van der Waals surface area contributed by atoms with Gasteiger partial charge in [-0.25, -0.2) is 4.98 Å². The van der Waals surface area contributed by atoms with Crippen molar-refractivity contribution in [3.63, 3.8) is 0 Å². The summed E-state index contributed by atoms with van der Waals surface area (Å²) in [6.45, 7) is 3.45. The van der Waals surface area contributed by atoms with Gasteiger partial charge >= 0.3 is 0 Å². The van der Waals surface area contributed by atoms with Gasteiger partial charge in [0.2, 0.25) is 11.7 Å². The molecule has 0 aliphatic carbocycles. The molecule has 1 unspecified atom stereocenters. The number of benzene rings is 1. The standard InChI is InChI=1S/C15H12ClN3O2S/c1-8-14(22-9(2)18-8)13(20)12(7-17)15(21)19-11-5-3-10(16)4-6-11/h3-6,12H,1-2H3,(H,19,21). The first-order valence-electron chi connectivity index (χ1n) is 6.36. The van der Waals surface area contributed by atoms with Crippen LogP contribution in [-0.2, 0) is 4.79 Å². The highest BCUT2D eigenvalue weighted by molar-refractivity contribution is 7.13. The van der Waals surface area contributed by atoms with Crippen LogP contribution in [0.4, 0.5) is 5.69 Å². The molecule has 22 heavy (non-hydrogen) atoms. The maximum atomic E-state index is 12.4. The molecule has 112 valence electrons. The Morgan fingerprint density at radius 1 is 1.32 bits per heavy atom. The van der Waals surface area contributed by atoms with Crippen molar-refractivity contribution in [3.05, 3.63) is 44.9 Å². The number of aryl methyl sites for hydroxylation is 2. The Morgan fingerprint density at radius 3 is 2.45 bits per heavy atom.